The van der Waals surface area contributed by atoms with Gasteiger partial charge in [-0.05, 0) is 73.2 Å². The summed E-state index contributed by atoms with van der Waals surface area (Å²) in [4.78, 5) is 2.54. The van der Waals surface area contributed by atoms with Crippen molar-refractivity contribution in [3.8, 4) is 11.5 Å². The fraction of sp³-hybridized carbons (Fsp3) is 0.333. The number of benzene rings is 2. The molecule has 0 fully saturated rings. The minimum absolute atomic E-state index is 0.332. The Balaban J connectivity index is 1.72. The van der Waals surface area contributed by atoms with Gasteiger partial charge in [-0.3, -0.25) is 0 Å². The molecule has 0 saturated heterocycles. The molecule has 1 unspecified atom stereocenters. The van der Waals surface area contributed by atoms with Gasteiger partial charge in [0.2, 0.25) is 6.79 Å². The number of fused-ring (bicyclic) bond motifs is 5. The highest BCUT2D eigenvalue weighted by Crippen LogP contribution is 2.46. The average Bonchev–Trinajstić information content (AvgIpc) is 3.03. The number of ether oxygens (including phenoxy) is 2. The van der Waals surface area contributed by atoms with Crippen LogP contribution in [0.4, 0.5) is 0 Å². The first-order chi connectivity index (χ1) is 11.6. The molecule has 0 spiro atoms. The van der Waals surface area contributed by atoms with Crippen molar-refractivity contribution in [3.63, 3.8) is 0 Å². The maximum Gasteiger partial charge on any atom is 0.231 e. The van der Waals surface area contributed by atoms with E-state index in [1.54, 1.807) is 0 Å². The predicted molar refractivity (Wildman–Crippen MR) is 95.2 cm³/mol. The molecule has 24 heavy (non-hydrogen) atoms. The van der Waals surface area contributed by atoms with Crippen molar-refractivity contribution in [2.45, 2.75) is 33.2 Å². The molecule has 1 atom stereocenters. The highest BCUT2D eigenvalue weighted by Gasteiger charge is 2.32. The third kappa shape index (κ3) is 1.78. The Hall–Kier alpha value is -2.42. The first kappa shape index (κ1) is 14.0. The van der Waals surface area contributed by atoms with Gasteiger partial charge in [-0.2, -0.15) is 0 Å². The molecule has 0 N–H and O–H groups in total. The van der Waals surface area contributed by atoms with Gasteiger partial charge < -0.3 is 14.4 Å². The summed E-state index contributed by atoms with van der Waals surface area (Å²) in [5.41, 5.74) is 9.59. The number of hydrogen-bond acceptors (Lipinski definition) is 3. The molecular formula is C21H21NO2. The van der Waals surface area contributed by atoms with E-state index in [-0.39, 0.29) is 0 Å². The van der Waals surface area contributed by atoms with Gasteiger partial charge in [0.05, 0.1) is 6.04 Å². The lowest BCUT2D eigenvalue weighted by atomic mass is 9.84. The van der Waals surface area contributed by atoms with Crippen LogP contribution >= 0.6 is 0 Å². The van der Waals surface area contributed by atoms with E-state index in [0.29, 0.717) is 12.8 Å². The quantitative estimate of drug-likeness (QED) is 0.715. The van der Waals surface area contributed by atoms with Gasteiger partial charge in [-0.1, -0.05) is 12.1 Å². The molecule has 0 amide bonds. The van der Waals surface area contributed by atoms with Crippen LogP contribution in [-0.4, -0.2) is 18.2 Å². The van der Waals surface area contributed by atoms with Crippen molar-refractivity contribution < 1.29 is 9.47 Å². The highest BCUT2D eigenvalue weighted by atomic mass is 16.7. The van der Waals surface area contributed by atoms with Crippen LogP contribution in [0.2, 0.25) is 0 Å². The van der Waals surface area contributed by atoms with Gasteiger partial charge in [0.15, 0.2) is 11.5 Å². The predicted octanol–water partition coefficient (Wildman–Crippen LogP) is 4.46. The first-order valence-electron chi connectivity index (χ1n) is 8.65. The van der Waals surface area contributed by atoms with Crippen LogP contribution in [0.15, 0.2) is 24.3 Å². The van der Waals surface area contributed by atoms with Crippen LogP contribution < -0.4 is 9.47 Å². The molecule has 3 aliphatic rings. The second-order valence-corrected chi connectivity index (χ2v) is 7.02. The summed E-state index contributed by atoms with van der Waals surface area (Å²) in [5.74, 6) is 1.76. The molecule has 3 nitrogen and oxygen atoms in total. The van der Waals surface area contributed by atoms with Crippen LogP contribution in [0.5, 0.6) is 11.5 Å². The Labute approximate surface area is 142 Å². The lowest BCUT2D eigenvalue weighted by Crippen LogP contribution is -2.34. The summed E-state index contributed by atoms with van der Waals surface area (Å²) < 4.78 is 11.2. The highest BCUT2D eigenvalue weighted by molar-refractivity contribution is 5.87. The zero-order valence-corrected chi connectivity index (χ0v) is 14.3. The Morgan fingerprint density at radius 1 is 1.08 bits per heavy atom. The SMILES string of the molecule is Cc1ccc2c(c1C)C(C)N1CCc3cc4c(cc3C1=C2)OCO4. The molecule has 2 aromatic carbocycles. The molecule has 0 radical (unpaired) electrons. The molecule has 3 heteroatoms. The number of hydrogen-bond donors (Lipinski definition) is 0. The molecule has 3 aliphatic heterocycles. The summed E-state index contributed by atoms with van der Waals surface area (Å²) >= 11 is 0. The molecule has 0 aliphatic carbocycles. The van der Waals surface area contributed by atoms with Crippen molar-refractivity contribution in [3.05, 3.63) is 57.6 Å². The number of aryl methyl sites for hydroxylation is 1. The second kappa shape index (κ2) is 4.79. The van der Waals surface area contributed by atoms with Crippen LogP contribution in [0, 0.1) is 13.8 Å². The molecule has 3 heterocycles. The minimum Gasteiger partial charge on any atom is -0.454 e. The summed E-state index contributed by atoms with van der Waals surface area (Å²) in [6.07, 6.45) is 3.40. The normalized spacial score (nSPS) is 20.2. The standard InChI is InChI=1S/C21H21NO2/c1-12-4-5-16-8-18-17-10-20-19(23-11-24-20)9-15(17)6-7-22(18)14(3)21(16)13(12)2/h4-5,8-10,14H,6-7,11H2,1-3H3. The van der Waals surface area contributed by atoms with Gasteiger partial charge in [0, 0.05) is 17.8 Å². The lowest BCUT2D eigenvalue weighted by Gasteiger charge is -2.42. The van der Waals surface area contributed by atoms with E-state index in [1.165, 1.54) is 39.1 Å². The molecular weight excluding hydrogens is 298 g/mol. The molecule has 0 bridgehead atoms. The van der Waals surface area contributed by atoms with Gasteiger partial charge in [0.1, 0.15) is 0 Å². The van der Waals surface area contributed by atoms with Gasteiger partial charge in [-0.25, -0.2) is 0 Å². The summed E-state index contributed by atoms with van der Waals surface area (Å²) in [7, 11) is 0. The van der Waals surface area contributed by atoms with Gasteiger partial charge in [-0.15, -0.1) is 0 Å². The average molecular weight is 319 g/mol. The Kier molecular flexibility index (Phi) is 2.79. The van der Waals surface area contributed by atoms with Crippen molar-refractivity contribution in [2.75, 3.05) is 13.3 Å². The smallest absolute Gasteiger partial charge is 0.231 e. The Morgan fingerprint density at radius 2 is 1.88 bits per heavy atom. The van der Waals surface area contributed by atoms with Crippen LogP contribution in [0.3, 0.4) is 0 Å². The molecule has 0 aromatic heterocycles. The van der Waals surface area contributed by atoms with E-state index in [4.69, 9.17) is 9.47 Å². The fourth-order valence-electron chi connectivity index (χ4n) is 4.35. The summed E-state index contributed by atoms with van der Waals surface area (Å²) in [6, 6.07) is 9.22. The van der Waals surface area contributed by atoms with Crippen molar-refractivity contribution in [2.24, 2.45) is 0 Å². The zero-order valence-electron chi connectivity index (χ0n) is 14.3. The van der Waals surface area contributed by atoms with Gasteiger partial charge >= 0.3 is 0 Å². The molecule has 5 rings (SSSR count). The summed E-state index contributed by atoms with van der Waals surface area (Å²) in [5, 5.41) is 0. The lowest BCUT2D eigenvalue weighted by molar-refractivity contribution is 0.174. The zero-order chi connectivity index (χ0) is 16.4. The summed E-state index contributed by atoms with van der Waals surface area (Å²) in [6.45, 7) is 8.16. The van der Waals surface area contributed by atoms with E-state index in [1.807, 2.05) is 0 Å². The van der Waals surface area contributed by atoms with E-state index in [9.17, 15) is 0 Å². The first-order valence-corrected chi connectivity index (χ1v) is 8.65. The Morgan fingerprint density at radius 3 is 2.71 bits per heavy atom. The van der Waals surface area contributed by atoms with Gasteiger partial charge in [0.25, 0.3) is 0 Å². The molecule has 0 saturated carbocycles. The Bertz CT molecular complexity index is 897. The maximum atomic E-state index is 5.61. The minimum atomic E-state index is 0.332. The van der Waals surface area contributed by atoms with Crippen LogP contribution in [0.25, 0.3) is 11.8 Å². The van der Waals surface area contributed by atoms with E-state index >= 15 is 0 Å². The van der Waals surface area contributed by atoms with Crippen LogP contribution in [0.1, 0.15) is 46.3 Å². The van der Waals surface area contributed by atoms with Crippen LogP contribution in [-0.2, 0) is 6.42 Å². The maximum absolute atomic E-state index is 5.61. The fourth-order valence-corrected chi connectivity index (χ4v) is 4.35. The van der Waals surface area contributed by atoms with E-state index in [0.717, 1.165) is 24.5 Å². The topological polar surface area (TPSA) is 21.7 Å². The number of rotatable bonds is 0. The van der Waals surface area contributed by atoms with Crippen molar-refractivity contribution >= 4 is 11.8 Å². The second-order valence-electron chi connectivity index (χ2n) is 7.02. The van der Waals surface area contributed by atoms with E-state index in [2.05, 4.69) is 56.0 Å². The third-order valence-corrected chi connectivity index (χ3v) is 5.80. The van der Waals surface area contributed by atoms with Crippen molar-refractivity contribution in [1.82, 2.24) is 4.90 Å². The van der Waals surface area contributed by atoms with Crippen molar-refractivity contribution in [1.29, 1.82) is 0 Å². The monoisotopic (exact) mass is 319 g/mol. The number of nitrogens with zero attached hydrogens (tertiary/aromatic N) is 1. The van der Waals surface area contributed by atoms with E-state index < -0.39 is 0 Å². The third-order valence-electron chi connectivity index (χ3n) is 5.80. The largest absolute Gasteiger partial charge is 0.454 e. The molecule has 122 valence electrons. The molecule has 2 aromatic rings.